The van der Waals surface area contributed by atoms with E-state index in [1.165, 1.54) is 0 Å². The van der Waals surface area contributed by atoms with Gasteiger partial charge in [-0.2, -0.15) is 0 Å². The molecule has 0 unspecified atom stereocenters. The van der Waals surface area contributed by atoms with Crippen molar-refractivity contribution in [1.82, 2.24) is 0 Å². The van der Waals surface area contributed by atoms with Gasteiger partial charge in [-0.05, 0) is 31.6 Å². The maximum atomic E-state index is 12.2. The second-order valence-corrected chi connectivity index (χ2v) is 7.42. The first-order chi connectivity index (χ1) is 9.59. The van der Waals surface area contributed by atoms with Crippen LogP contribution in [0.3, 0.4) is 0 Å². The Hall–Kier alpha value is -1.07. The maximum Gasteiger partial charge on any atom is 0.335 e. The molecule has 0 aliphatic carbocycles. The number of carbonyl (C=O) groups is 1. The molecule has 0 amide bonds. The van der Waals surface area contributed by atoms with Crippen LogP contribution in [0, 0.1) is 0 Å². The minimum atomic E-state index is -0.156. The number of esters is 1. The average molecular weight is 309 g/mol. The number of benzene rings is 1. The number of rotatable bonds is 4. The predicted molar refractivity (Wildman–Crippen MR) is 88.0 cm³/mol. The largest absolute Gasteiger partial charge is 0.408 e. The third-order valence-corrected chi connectivity index (χ3v) is 5.83. The van der Waals surface area contributed by atoms with Crippen molar-refractivity contribution in [2.45, 2.75) is 18.4 Å². The van der Waals surface area contributed by atoms with Crippen LogP contribution < -0.4 is 4.90 Å². The SMILES string of the molecule is CC(C)=C(OC(=O)C1SCCS1)N(C)c1ccccc1. The highest BCUT2D eigenvalue weighted by molar-refractivity contribution is 8.21. The van der Waals surface area contributed by atoms with Crippen molar-refractivity contribution < 1.29 is 9.53 Å². The van der Waals surface area contributed by atoms with Gasteiger partial charge in [0.15, 0.2) is 0 Å². The first kappa shape index (κ1) is 15.3. The van der Waals surface area contributed by atoms with E-state index in [0.29, 0.717) is 5.88 Å². The van der Waals surface area contributed by atoms with Gasteiger partial charge in [0.05, 0.1) is 0 Å². The number of anilines is 1. The predicted octanol–water partition coefficient (Wildman–Crippen LogP) is 3.72. The van der Waals surface area contributed by atoms with Crippen molar-refractivity contribution in [2.75, 3.05) is 23.5 Å². The lowest BCUT2D eigenvalue weighted by Crippen LogP contribution is -2.25. The van der Waals surface area contributed by atoms with E-state index in [0.717, 1.165) is 22.8 Å². The van der Waals surface area contributed by atoms with Crippen LogP contribution in [-0.2, 0) is 9.53 Å². The van der Waals surface area contributed by atoms with E-state index in [2.05, 4.69) is 0 Å². The van der Waals surface area contributed by atoms with Crippen LogP contribution in [0.5, 0.6) is 0 Å². The second-order valence-electron chi connectivity index (χ2n) is 4.69. The number of para-hydroxylation sites is 1. The van der Waals surface area contributed by atoms with Gasteiger partial charge in [0.25, 0.3) is 0 Å². The molecule has 1 saturated heterocycles. The summed E-state index contributed by atoms with van der Waals surface area (Å²) in [6, 6.07) is 9.90. The lowest BCUT2D eigenvalue weighted by atomic mass is 10.3. The minimum absolute atomic E-state index is 0.0893. The van der Waals surface area contributed by atoms with Gasteiger partial charge in [-0.25, -0.2) is 4.79 Å². The Labute approximate surface area is 128 Å². The van der Waals surface area contributed by atoms with Crippen LogP contribution in [0.15, 0.2) is 41.8 Å². The van der Waals surface area contributed by atoms with E-state index in [-0.39, 0.29) is 10.6 Å². The number of hydrogen-bond donors (Lipinski definition) is 0. The molecule has 0 atom stereocenters. The molecule has 2 rings (SSSR count). The van der Waals surface area contributed by atoms with Crippen molar-refractivity contribution in [3.63, 3.8) is 0 Å². The Morgan fingerprint density at radius 2 is 1.80 bits per heavy atom. The zero-order valence-corrected chi connectivity index (χ0v) is 13.6. The van der Waals surface area contributed by atoms with E-state index >= 15 is 0 Å². The summed E-state index contributed by atoms with van der Waals surface area (Å²) in [6.07, 6.45) is 0. The first-order valence-corrected chi connectivity index (χ1v) is 8.60. The summed E-state index contributed by atoms with van der Waals surface area (Å²) in [5.74, 6) is 2.50. The number of nitrogens with zero attached hydrogens (tertiary/aromatic N) is 1. The van der Waals surface area contributed by atoms with E-state index in [9.17, 15) is 4.79 Å². The lowest BCUT2D eigenvalue weighted by Gasteiger charge is -2.24. The summed E-state index contributed by atoms with van der Waals surface area (Å²) in [6.45, 7) is 3.91. The molecule has 1 aliphatic rings. The first-order valence-electron chi connectivity index (χ1n) is 6.50. The Balaban J connectivity index is 2.12. The Morgan fingerprint density at radius 3 is 2.35 bits per heavy atom. The molecule has 0 bridgehead atoms. The molecular weight excluding hydrogens is 290 g/mol. The van der Waals surface area contributed by atoms with Gasteiger partial charge in [0.2, 0.25) is 5.88 Å². The molecule has 20 heavy (non-hydrogen) atoms. The highest BCUT2D eigenvalue weighted by Gasteiger charge is 2.27. The quantitative estimate of drug-likeness (QED) is 0.624. The second kappa shape index (κ2) is 7.09. The number of thioether (sulfide) groups is 2. The van der Waals surface area contributed by atoms with Gasteiger partial charge in [-0.15, -0.1) is 23.5 Å². The molecule has 5 heteroatoms. The Bertz CT molecular complexity index is 492. The smallest absolute Gasteiger partial charge is 0.335 e. The van der Waals surface area contributed by atoms with Crippen molar-refractivity contribution >= 4 is 35.2 Å². The number of ether oxygens (including phenoxy) is 1. The van der Waals surface area contributed by atoms with Crippen LogP contribution in [-0.4, -0.2) is 29.1 Å². The van der Waals surface area contributed by atoms with E-state index < -0.39 is 0 Å². The maximum absolute atomic E-state index is 12.2. The molecule has 1 aliphatic heterocycles. The summed E-state index contributed by atoms with van der Waals surface area (Å²) >= 11 is 3.32. The van der Waals surface area contributed by atoms with E-state index in [4.69, 9.17) is 4.74 Å². The van der Waals surface area contributed by atoms with Crippen LogP contribution in [0.1, 0.15) is 13.8 Å². The molecule has 0 radical (unpaired) electrons. The van der Waals surface area contributed by atoms with Gasteiger partial charge in [-0.1, -0.05) is 18.2 Å². The summed E-state index contributed by atoms with van der Waals surface area (Å²) in [7, 11) is 1.92. The van der Waals surface area contributed by atoms with Crippen molar-refractivity contribution in [3.8, 4) is 0 Å². The van der Waals surface area contributed by atoms with Crippen LogP contribution >= 0.6 is 23.5 Å². The lowest BCUT2D eigenvalue weighted by molar-refractivity contribution is -0.137. The highest BCUT2D eigenvalue weighted by atomic mass is 32.2. The molecule has 3 nitrogen and oxygen atoms in total. The third kappa shape index (κ3) is 3.73. The van der Waals surface area contributed by atoms with Crippen molar-refractivity contribution in [2.24, 2.45) is 0 Å². The van der Waals surface area contributed by atoms with Crippen LogP contribution in [0.4, 0.5) is 5.69 Å². The summed E-state index contributed by atoms with van der Waals surface area (Å²) in [5, 5.41) is 0. The molecule has 0 aromatic heterocycles. The van der Waals surface area contributed by atoms with Gasteiger partial charge < -0.3 is 9.64 Å². The summed E-state index contributed by atoms with van der Waals surface area (Å²) in [5.41, 5.74) is 1.99. The van der Waals surface area contributed by atoms with Crippen LogP contribution in [0.2, 0.25) is 0 Å². The molecule has 108 valence electrons. The molecule has 0 spiro atoms. The fourth-order valence-electron chi connectivity index (χ4n) is 1.91. The normalized spacial score (nSPS) is 14.9. The van der Waals surface area contributed by atoms with Gasteiger partial charge >= 0.3 is 5.97 Å². The third-order valence-electron chi connectivity index (χ3n) is 2.89. The number of allylic oxidation sites excluding steroid dienone is 1. The number of hydrogen-bond acceptors (Lipinski definition) is 5. The fourth-order valence-corrected chi connectivity index (χ4v) is 4.44. The van der Waals surface area contributed by atoms with E-state index in [1.807, 2.05) is 56.1 Å². The fraction of sp³-hybridized carbons (Fsp3) is 0.400. The van der Waals surface area contributed by atoms with Gasteiger partial charge in [-0.3, -0.25) is 0 Å². The monoisotopic (exact) mass is 309 g/mol. The molecule has 1 aromatic rings. The standard InChI is InChI=1S/C15H19NO2S2/c1-11(2)13(16(3)12-7-5-4-6-8-12)18-14(17)15-19-9-10-20-15/h4-8,15H,9-10H2,1-3H3. The zero-order valence-electron chi connectivity index (χ0n) is 12.0. The van der Waals surface area contributed by atoms with Crippen molar-refractivity contribution in [1.29, 1.82) is 0 Å². The Morgan fingerprint density at radius 1 is 1.20 bits per heavy atom. The molecule has 0 N–H and O–H groups in total. The number of carbonyl (C=O) groups excluding carboxylic acids is 1. The average Bonchev–Trinajstić information content (AvgIpc) is 2.98. The molecule has 1 aromatic carbocycles. The topological polar surface area (TPSA) is 29.5 Å². The van der Waals surface area contributed by atoms with Crippen molar-refractivity contribution in [3.05, 3.63) is 41.8 Å². The minimum Gasteiger partial charge on any atom is -0.408 e. The Kier molecular flexibility index (Phi) is 5.43. The summed E-state index contributed by atoms with van der Waals surface area (Å²) in [4.78, 5) is 14.1. The summed E-state index contributed by atoms with van der Waals surface area (Å²) < 4.78 is 5.55. The molecule has 1 fully saturated rings. The van der Waals surface area contributed by atoms with Gasteiger partial charge in [0.1, 0.15) is 4.58 Å². The highest BCUT2D eigenvalue weighted by Crippen LogP contribution is 2.33. The molecule has 1 heterocycles. The van der Waals surface area contributed by atoms with E-state index in [1.54, 1.807) is 23.5 Å². The van der Waals surface area contributed by atoms with Gasteiger partial charge in [0, 0.05) is 24.2 Å². The zero-order chi connectivity index (χ0) is 14.5. The molecular formula is C15H19NO2S2. The molecule has 0 saturated carbocycles. The van der Waals surface area contributed by atoms with Crippen LogP contribution in [0.25, 0.3) is 0 Å².